The molecule has 0 unspecified atom stereocenters. The van der Waals surface area contributed by atoms with E-state index >= 15 is 0 Å². The highest BCUT2D eigenvalue weighted by molar-refractivity contribution is 5.92. The highest BCUT2D eigenvalue weighted by atomic mass is 16.5. The first-order valence-corrected chi connectivity index (χ1v) is 7.80. The number of nitrogens with zero attached hydrogens (tertiary/aromatic N) is 2. The molecule has 1 aliphatic heterocycles. The summed E-state index contributed by atoms with van der Waals surface area (Å²) in [7, 11) is 0. The number of ether oxygens (including phenoxy) is 1. The number of nitrogens with one attached hydrogen (secondary N) is 2. The second kappa shape index (κ2) is 6.99. The van der Waals surface area contributed by atoms with Gasteiger partial charge in [-0.3, -0.25) is 24.1 Å². The number of hydrogen-bond donors (Lipinski definition) is 3. The molecule has 0 radical (unpaired) electrons. The maximum absolute atomic E-state index is 12.0. The van der Waals surface area contributed by atoms with E-state index in [-0.39, 0.29) is 24.6 Å². The molecule has 132 valence electrons. The molecule has 1 fully saturated rings. The van der Waals surface area contributed by atoms with E-state index < -0.39 is 29.7 Å². The van der Waals surface area contributed by atoms with E-state index in [2.05, 4.69) is 15.3 Å². The molecule has 9 heteroatoms. The first-order valence-electron chi connectivity index (χ1n) is 7.80. The number of aromatic amines is 1. The highest BCUT2D eigenvalue weighted by Crippen LogP contribution is 2.27. The molecule has 3 atom stereocenters. The SMILES string of the molecule is Cc1cn([C@H]2C[C@H](O)[C@@H](CNC(=O)c3ccccn3)O2)c(=O)[nH]c1=O. The minimum atomic E-state index is -0.854. The summed E-state index contributed by atoms with van der Waals surface area (Å²) >= 11 is 0. The molecule has 1 saturated heterocycles. The Kier molecular flexibility index (Phi) is 4.77. The van der Waals surface area contributed by atoms with Crippen molar-refractivity contribution in [3.8, 4) is 0 Å². The van der Waals surface area contributed by atoms with Crippen molar-refractivity contribution in [1.29, 1.82) is 0 Å². The fourth-order valence-electron chi connectivity index (χ4n) is 2.65. The Morgan fingerprint density at radius 3 is 3.00 bits per heavy atom. The number of aromatic nitrogens is 3. The molecule has 3 heterocycles. The third-order valence-corrected chi connectivity index (χ3v) is 4.02. The maximum Gasteiger partial charge on any atom is 0.330 e. The number of rotatable bonds is 4. The average molecular weight is 346 g/mol. The summed E-state index contributed by atoms with van der Waals surface area (Å²) in [6.07, 6.45) is 0.847. The normalized spacial score (nSPS) is 22.7. The molecule has 0 spiro atoms. The summed E-state index contributed by atoms with van der Waals surface area (Å²) in [5.74, 6) is -0.378. The topological polar surface area (TPSA) is 126 Å². The molecule has 0 aliphatic carbocycles. The summed E-state index contributed by atoms with van der Waals surface area (Å²) in [6, 6.07) is 4.98. The minimum Gasteiger partial charge on any atom is -0.390 e. The monoisotopic (exact) mass is 346 g/mol. The van der Waals surface area contributed by atoms with Gasteiger partial charge in [-0.25, -0.2) is 4.79 Å². The third kappa shape index (κ3) is 3.67. The molecule has 1 amide bonds. The Bertz CT molecular complexity index is 876. The molecule has 3 N–H and O–H groups in total. The van der Waals surface area contributed by atoms with Gasteiger partial charge in [-0.05, 0) is 19.1 Å². The zero-order valence-electron chi connectivity index (χ0n) is 13.5. The van der Waals surface area contributed by atoms with Gasteiger partial charge in [0.1, 0.15) is 18.0 Å². The van der Waals surface area contributed by atoms with Gasteiger partial charge in [-0.15, -0.1) is 0 Å². The number of carbonyl (C=O) groups is 1. The van der Waals surface area contributed by atoms with Crippen LogP contribution in [0.25, 0.3) is 0 Å². The van der Waals surface area contributed by atoms with Gasteiger partial charge in [-0.1, -0.05) is 6.07 Å². The molecule has 9 nitrogen and oxygen atoms in total. The smallest absolute Gasteiger partial charge is 0.330 e. The minimum absolute atomic E-state index is 0.0736. The number of H-pyrrole nitrogens is 1. The predicted molar refractivity (Wildman–Crippen MR) is 87.2 cm³/mol. The Hall–Kier alpha value is -2.78. The molecule has 0 aromatic carbocycles. The van der Waals surface area contributed by atoms with Crippen molar-refractivity contribution in [2.24, 2.45) is 0 Å². The van der Waals surface area contributed by atoms with Gasteiger partial charge in [-0.2, -0.15) is 0 Å². The molecule has 2 aromatic heterocycles. The van der Waals surface area contributed by atoms with Crippen molar-refractivity contribution >= 4 is 5.91 Å². The van der Waals surface area contributed by atoms with Crippen LogP contribution in [0, 0.1) is 6.92 Å². The van der Waals surface area contributed by atoms with E-state index in [1.54, 1.807) is 25.1 Å². The lowest BCUT2D eigenvalue weighted by molar-refractivity contribution is -0.0187. The van der Waals surface area contributed by atoms with Crippen LogP contribution in [0.4, 0.5) is 0 Å². The van der Waals surface area contributed by atoms with Crippen LogP contribution < -0.4 is 16.6 Å². The first kappa shape index (κ1) is 17.1. The van der Waals surface area contributed by atoms with E-state index in [0.717, 1.165) is 0 Å². The van der Waals surface area contributed by atoms with Crippen molar-refractivity contribution < 1.29 is 14.6 Å². The Labute approximate surface area is 142 Å². The van der Waals surface area contributed by atoms with Gasteiger partial charge in [0.2, 0.25) is 0 Å². The highest BCUT2D eigenvalue weighted by Gasteiger charge is 2.35. The fourth-order valence-corrected chi connectivity index (χ4v) is 2.65. The van der Waals surface area contributed by atoms with Gasteiger partial charge in [0, 0.05) is 30.9 Å². The van der Waals surface area contributed by atoms with Crippen LogP contribution in [0.5, 0.6) is 0 Å². The molecule has 2 aromatic rings. The van der Waals surface area contributed by atoms with E-state index in [4.69, 9.17) is 4.74 Å². The van der Waals surface area contributed by atoms with Crippen LogP contribution in [0.2, 0.25) is 0 Å². The summed E-state index contributed by atoms with van der Waals surface area (Å²) in [5.41, 5.74) is -0.437. The second-order valence-corrected chi connectivity index (χ2v) is 5.84. The van der Waals surface area contributed by atoms with Crippen LogP contribution in [0.3, 0.4) is 0 Å². The lowest BCUT2D eigenvalue weighted by Gasteiger charge is -2.16. The number of aliphatic hydroxyl groups is 1. The molecular formula is C16H18N4O5. The zero-order valence-corrected chi connectivity index (χ0v) is 13.5. The van der Waals surface area contributed by atoms with E-state index in [1.807, 2.05) is 0 Å². The van der Waals surface area contributed by atoms with E-state index in [9.17, 15) is 19.5 Å². The Morgan fingerprint density at radius 1 is 1.48 bits per heavy atom. The maximum atomic E-state index is 12.0. The summed E-state index contributed by atoms with van der Waals surface area (Å²) in [6.45, 7) is 1.65. The van der Waals surface area contributed by atoms with E-state index in [1.165, 1.54) is 17.0 Å². The lowest BCUT2D eigenvalue weighted by atomic mass is 10.1. The van der Waals surface area contributed by atoms with Crippen LogP contribution in [-0.2, 0) is 4.74 Å². The quantitative estimate of drug-likeness (QED) is 0.673. The van der Waals surface area contributed by atoms with Gasteiger partial charge in [0.25, 0.3) is 11.5 Å². The zero-order chi connectivity index (χ0) is 18.0. The van der Waals surface area contributed by atoms with Crippen LogP contribution in [0.15, 0.2) is 40.2 Å². The number of amides is 1. The van der Waals surface area contributed by atoms with E-state index in [0.29, 0.717) is 5.56 Å². The molecular weight excluding hydrogens is 328 g/mol. The van der Waals surface area contributed by atoms with Crippen molar-refractivity contribution in [2.75, 3.05) is 6.54 Å². The van der Waals surface area contributed by atoms with Crippen molar-refractivity contribution in [2.45, 2.75) is 31.8 Å². The Morgan fingerprint density at radius 2 is 2.28 bits per heavy atom. The van der Waals surface area contributed by atoms with Crippen LogP contribution in [0.1, 0.15) is 28.7 Å². The van der Waals surface area contributed by atoms with Crippen LogP contribution >= 0.6 is 0 Å². The van der Waals surface area contributed by atoms with Crippen molar-refractivity contribution in [1.82, 2.24) is 19.9 Å². The molecule has 0 bridgehead atoms. The van der Waals surface area contributed by atoms with Crippen LogP contribution in [-0.4, -0.2) is 44.3 Å². The molecule has 25 heavy (non-hydrogen) atoms. The first-order chi connectivity index (χ1) is 12.0. The molecule has 1 aliphatic rings. The number of carbonyl (C=O) groups excluding carboxylic acids is 1. The summed E-state index contributed by atoms with van der Waals surface area (Å²) in [4.78, 5) is 41.5. The largest absolute Gasteiger partial charge is 0.390 e. The van der Waals surface area contributed by atoms with Crippen molar-refractivity contribution in [3.05, 3.63) is 62.7 Å². The third-order valence-electron chi connectivity index (χ3n) is 4.02. The van der Waals surface area contributed by atoms with Gasteiger partial charge in [0.05, 0.1) is 6.10 Å². The second-order valence-electron chi connectivity index (χ2n) is 5.84. The fraction of sp³-hybridized carbons (Fsp3) is 0.375. The summed E-state index contributed by atoms with van der Waals surface area (Å²) < 4.78 is 6.91. The number of aryl methyl sites for hydroxylation is 1. The molecule has 3 rings (SSSR count). The Balaban J connectivity index is 1.66. The number of pyridine rings is 1. The number of hydrogen-bond acceptors (Lipinski definition) is 6. The predicted octanol–water partition coefficient (Wildman–Crippen LogP) is -0.682. The summed E-state index contributed by atoms with van der Waals surface area (Å²) in [5, 5.41) is 12.8. The molecule has 0 saturated carbocycles. The van der Waals surface area contributed by atoms with Gasteiger partial charge >= 0.3 is 5.69 Å². The number of aliphatic hydroxyl groups excluding tert-OH is 1. The standard InChI is InChI=1S/C16H18N4O5/c1-9-8-20(16(24)19-14(9)22)13-6-11(21)12(25-13)7-18-15(23)10-4-2-3-5-17-10/h2-5,8,11-13,21H,6-7H2,1H3,(H,18,23)(H,19,22,24)/t11-,12+,13+/m0/s1. The van der Waals surface area contributed by atoms with Gasteiger partial charge < -0.3 is 15.2 Å². The van der Waals surface area contributed by atoms with Gasteiger partial charge in [0.15, 0.2) is 0 Å². The average Bonchev–Trinajstić information content (AvgIpc) is 2.97. The van der Waals surface area contributed by atoms with Crippen molar-refractivity contribution in [3.63, 3.8) is 0 Å². The lowest BCUT2D eigenvalue weighted by Crippen LogP contribution is -2.37.